The van der Waals surface area contributed by atoms with Crippen LogP contribution < -0.4 is 4.74 Å². The van der Waals surface area contributed by atoms with Crippen LogP contribution in [0.4, 0.5) is 0 Å². The van der Waals surface area contributed by atoms with Crippen LogP contribution in [0.25, 0.3) is 0 Å². The minimum absolute atomic E-state index is 0.0793. The highest BCUT2D eigenvalue weighted by atomic mass is 35.5. The van der Waals surface area contributed by atoms with Gasteiger partial charge in [0.15, 0.2) is 0 Å². The van der Waals surface area contributed by atoms with Crippen molar-refractivity contribution in [2.45, 2.75) is 24.3 Å². The fourth-order valence-corrected chi connectivity index (χ4v) is 4.88. The third-order valence-electron chi connectivity index (χ3n) is 3.89. The van der Waals surface area contributed by atoms with Crippen molar-refractivity contribution in [3.8, 4) is 5.75 Å². The number of aromatic nitrogens is 1. The summed E-state index contributed by atoms with van der Waals surface area (Å²) < 4.78 is 32.9. The average Bonchev–Trinajstić information content (AvgIpc) is 3.01. The minimum atomic E-state index is -3.68. The van der Waals surface area contributed by atoms with E-state index in [1.807, 2.05) is 0 Å². The molecule has 0 N–H and O–H groups in total. The topological polar surface area (TPSA) is 59.5 Å². The summed E-state index contributed by atoms with van der Waals surface area (Å²) in [6.45, 7) is 2.41. The number of hydrogen-bond acceptors (Lipinski definition) is 4. The van der Waals surface area contributed by atoms with E-state index in [4.69, 9.17) is 27.9 Å². The van der Waals surface area contributed by atoms with Gasteiger partial charge in [0.1, 0.15) is 16.7 Å². The molecule has 8 heteroatoms. The highest BCUT2D eigenvalue weighted by Crippen LogP contribution is 2.32. The van der Waals surface area contributed by atoms with Crippen LogP contribution in [0.15, 0.2) is 41.6 Å². The number of benzene rings is 1. The summed E-state index contributed by atoms with van der Waals surface area (Å²) in [5.41, 5.74) is 0.670. The van der Waals surface area contributed by atoms with Gasteiger partial charge in [-0.1, -0.05) is 23.2 Å². The van der Waals surface area contributed by atoms with Crippen molar-refractivity contribution in [3.63, 3.8) is 0 Å². The van der Waals surface area contributed by atoms with Crippen LogP contribution in [0.3, 0.4) is 0 Å². The molecule has 128 valence electrons. The van der Waals surface area contributed by atoms with Crippen molar-refractivity contribution in [3.05, 3.63) is 52.3 Å². The van der Waals surface area contributed by atoms with E-state index in [1.165, 1.54) is 16.4 Å². The van der Waals surface area contributed by atoms with Gasteiger partial charge in [-0.3, -0.25) is 4.98 Å². The molecule has 0 saturated carbocycles. The van der Waals surface area contributed by atoms with E-state index >= 15 is 0 Å². The van der Waals surface area contributed by atoms with Crippen LogP contribution in [0.2, 0.25) is 10.0 Å². The minimum Gasteiger partial charge on any atom is -0.489 e. The Kier molecular flexibility index (Phi) is 5.01. The van der Waals surface area contributed by atoms with Crippen LogP contribution in [0.1, 0.15) is 12.0 Å². The van der Waals surface area contributed by atoms with Crippen molar-refractivity contribution < 1.29 is 13.2 Å². The van der Waals surface area contributed by atoms with Crippen molar-refractivity contribution in [1.82, 2.24) is 9.29 Å². The molecular formula is C16H16Cl2N2O3S. The highest BCUT2D eigenvalue weighted by Gasteiger charge is 2.35. The predicted molar refractivity (Wildman–Crippen MR) is 93.2 cm³/mol. The summed E-state index contributed by atoms with van der Waals surface area (Å²) in [5, 5.41) is 0.573. The zero-order chi connectivity index (χ0) is 17.3. The highest BCUT2D eigenvalue weighted by molar-refractivity contribution is 7.89. The Hall–Kier alpha value is -1.34. The standard InChI is InChI=1S/C16H16Cl2N2O3S/c1-11-8-16(15(18)9-14(11)17)24(21,22)20-7-4-13(10-20)23-12-2-5-19-6-3-12/h2-3,5-6,8-9,13H,4,7,10H2,1H3/t13-/m0/s1. The van der Waals surface area contributed by atoms with E-state index in [0.717, 1.165) is 0 Å². The molecule has 0 spiro atoms. The van der Waals surface area contributed by atoms with E-state index in [9.17, 15) is 8.42 Å². The predicted octanol–water partition coefficient (Wildman–Crippen LogP) is 3.54. The monoisotopic (exact) mass is 386 g/mol. The molecule has 5 nitrogen and oxygen atoms in total. The van der Waals surface area contributed by atoms with Crippen LogP contribution in [-0.2, 0) is 10.0 Å². The summed E-state index contributed by atoms with van der Waals surface area (Å²) in [4.78, 5) is 4.01. The van der Waals surface area contributed by atoms with Gasteiger partial charge in [0.2, 0.25) is 10.0 Å². The molecule has 2 aromatic rings. The second-order valence-electron chi connectivity index (χ2n) is 5.61. The average molecular weight is 387 g/mol. The summed E-state index contributed by atoms with van der Waals surface area (Å²) in [6, 6.07) is 6.47. The Labute approximate surface area is 151 Å². The smallest absolute Gasteiger partial charge is 0.244 e. The Morgan fingerprint density at radius 2 is 1.92 bits per heavy atom. The molecule has 0 aliphatic carbocycles. The first-order chi connectivity index (χ1) is 11.4. The van der Waals surface area contributed by atoms with Crippen LogP contribution in [0.5, 0.6) is 5.75 Å². The Balaban J connectivity index is 1.78. The van der Waals surface area contributed by atoms with E-state index in [0.29, 0.717) is 29.3 Å². The zero-order valence-corrected chi connectivity index (χ0v) is 15.3. The maximum absolute atomic E-state index is 12.8. The number of ether oxygens (including phenoxy) is 1. The van der Waals surface area contributed by atoms with E-state index < -0.39 is 10.0 Å². The summed E-state index contributed by atoms with van der Waals surface area (Å²) in [5.74, 6) is 0.676. The SMILES string of the molecule is Cc1cc(S(=O)(=O)N2CC[C@H](Oc3ccncc3)C2)c(Cl)cc1Cl. The van der Waals surface area contributed by atoms with Gasteiger partial charge in [-0.2, -0.15) is 4.31 Å². The molecule has 3 rings (SSSR count). The number of halogens is 2. The van der Waals surface area contributed by atoms with E-state index in [1.54, 1.807) is 31.5 Å². The van der Waals surface area contributed by atoms with Gasteiger partial charge in [-0.05, 0) is 43.2 Å². The second kappa shape index (κ2) is 6.88. The molecule has 1 aliphatic rings. The Morgan fingerprint density at radius 1 is 1.21 bits per heavy atom. The van der Waals surface area contributed by atoms with Gasteiger partial charge < -0.3 is 4.74 Å². The maximum Gasteiger partial charge on any atom is 0.244 e. The Bertz CT molecular complexity index is 844. The third-order valence-corrected chi connectivity index (χ3v) is 6.63. The molecule has 2 heterocycles. The third kappa shape index (κ3) is 3.52. The number of aryl methyl sites for hydroxylation is 1. The van der Waals surface area contributed by atoms with Crippen LogP contribution in [-0.4, -0.2) is 36.9 Å². The van der Waals surface area contributed by atoms with Crippen molar-refractivity contribution in [2.24, 2.45) is 0 Å². The first-order valence-corrected chi connectivity index (χ1v) is 9.60. The molecule has 1 aromatic heterocycles. The fraction of sp³-hybridized carbons (Fsp3) is 0.312. The quantitative estimate of drug-likeness (QED) is 0.805. The number of rotatable bonds is 4. The van der Waals surface area contributed by atoms with Gasteiger partial charge >= 0.3 is 0 Å². The first kappa shape index (κ1) is 17.5. The number of pyridine rings is 1. The fourth-order valence-electron chi connectivity index (χ4n) is 2.59. The van der Waals surface area contributed by atoms with Gasteiger partial charge in [0.05, 0.1) is 11.6 Å². The maximum atomic E-state index is 12.8. The summed E-state index contributed by atoms with van der Waals surface area (Å²) >= 11 is 12.1. The van der Waals surface area contributed by atoms with E-state index in [-0.39, 0.29) is 22.6 Å². The molecule has 1 aromatic carbocycles. The lowest BCUT2D eigenvalue weighted by Gasteiger charge is -2.18. The van der Waals surface area contributed by atoms with Gasteiger partial charge in [-0.15, -0.1) is 0 Å². The van der Waals surface area contributed by atoms with Gasteiger partial charge in [0.25, 0.3) is 0 Å². The molecule has 0 bridgehead atoms. The molecule has 1 fully saturated rings. The molecule has 1 aliphatic heterocycles. The largest absolute Gasteiger partial charge is 0.489 e. The molecule has 0 amide bonds. The zero-order valence-electron chi connectivity index (χ0n) is 12.9. The number of nitrogens with zero attached hydrogens (tertiary/aromatic N) is 2. The lowest BCUT2D eigenvalue weighted by atomic mass is 10.2. The lowest BCUT2D eigenvalue weighted by molar-refractivity contribution is 0.215. The summed E-state index contributed by atoms with van der Waals surface area (Å²) in [7, 11) is -3.68. The molecule has 1 atom stereocenters. The Morgan fingerprint density at radius 3 is 2.62 bits per heavy atom. The lowest BCUT2D eigenvalue weighted by Crippen LogP contribution is -2.31. The van der Waals surface area contributed by atoms with Crippen LogP contribution >= 0.6 is 23.2 Å². The van der Waals surface area contributed by atoms with Crippen molar-refractivity contribution in [1.29, 1.82) is 0 Å². The van der Waals surface area contributed by atoms with Crippen LogP contribution in [0, 0.1) is 6.92 Å². The van der Waals surface area contributed by atoms with E-state index in [2.05, 4.69) is 4.98 Å². The van der Waals surface area contributed by atoms with Gasteiger partial charge in [-0.25, -0.2) is 8.42 Å². The molecule has 0 radical (unpaired) electrons. The molecule has 0 unspecified atom stereocenters. The second-order valence-corrected chi connectivity index (χ2v) is 8.33. The molecule has 1 saturated heterocycles. The number of sulfonamides is 1. The van der Waals surface area contributed by atoms with Crippen molar-refractivity contribution in [2.75, 3.05) is 13.1 Å². The van der Waals surface area contributed by atoms with Crippen molar-refractivity contribution >= 4 is 33.2 Å². The first-order valence-electron chi connectivity index (χ1n) is 7.40. The summed E-state index contributed by atoms with van der Waals surface area (Å²) in [6.07, 6.45) is 3.69. The molecule has 24 heavy (non-hydrogen) atoms. The normalized spacial score (nSPS) is 18.7. The van der Waals surface area contributed by atoms with Gasteiger partial charge in [0, 0.05) is 24.0 Å². The number of hydrogen-bond donors (Lipinski definition) is 0. The molecular weight excluding hydrogens is 371 g/mol.